The molecule has 1 saturated heterocycles. The van der Waals surface area contributed by atoms with Gasteiger partial charge in [0.2, 0.25) is 5.91 Å². The molecule has 0 aromatic heterocycles. The molecule has 0 radical (unpaired) electrons. The highest BCUT2D eigenvalue weighted by atomic mass is 127. The summed E-state index contributed by atoms with van der Waals surface area (Å²) in [7, 11) is 3.45. The normalized spacial score (nSPS) is 13.8. The highest BCUT2D eigenvalue weighted by Gasteiger charge is 2.21. The molecule has 1 amide bonds. The Hall–Kier alpha value is -2.81. The van der Waals surface area contributed by atoms with Crippen molar-refractivity contribution in [3.05, 3.63) is 71.8 Å². The van der Waals surface area contributed by atoms with Crippen LogP contribution >= 0.6 is 24.0 Å². The third-order valence-corrected chi connectivity index (χ3v) is 5.58. The van der Waals surface area contributed by atoms with Crippen molar-refractivity contribution in [3.63, 3.8) is 0 Å². The van der Waals surface area contributed by atoms with Gasteiger partial charge in [-0.05, 0) is 58.7 Å². The number of methoxy groups -OCH3 is 1. The maximum absolute atomic E-state index is 11.9. The minimum atomic E-state index is 0. The number of fused-ring (bicyclic) bond motifs is 1. The van der Waals surface area contributed by atoms with Crippen LogP contribution in [0.2, 0.25) is 0 Å². The fourth-order valence-electron chi connectivity index (χ4n) is 3.82. The number of nitrogens with one attached hydrogen (secondary N) is 2. The van der Waals surface area contributed by atoms with Gasteiger partial charge in [-0.3, -0.25) is 9.79 Å². The number of carbonyl (C=O) groups is 1. The lowest BCUT2D eigenvalue weighted by Crippen LogP contribution is -2.36. The largest absolute Gasteiger partial charge is 0.497 e. The van der Waals surface area contributed by atoms with Crippen LogP contribution in [-0.2, 0) is 17.9 Å². The first-order valence-electron chi connectivity index (χ1n) is 10.6. The lowest BCUT2D eigenvalue weighted by atomic mass is 10.1. The van der Waals surface area contributed by atoms with E-state index in [-0.39, 0.29) is 29.9 Å². The summed E-state index contributed by atoms with van der Waals surface area (Å²) in [6.45, 7) is 2.15. The topological polar surface area (TPSA) is 66.0 Å². The Morgan fingerprint density at radius 1 is 0.969 bits per heavy atom. The van der Waals surface area contributed by atoms with Gasteiger partial charge in [-0.2, -0.15) is 0 Å². The predicted octanol–water partition coefficient (Wildman–Crippen LogP) is 4.46. The van der Waals surface area contributed by atoms with Crippen molar-refractivity contribution in [2.75, 3.05) is 25.6 Å². The van der Waals surface area contributed by atoms with Crippen molar-refractivity contribution in [3.8, 4) is 5.75 Å². The van der Waals surface area contributed by atoms with E-state index in [1.165, 1.54) is 10.9 Å². The average molecular weight is 544 g/mol. The van der Waals surface area contributed by atoms with Crippen LogP contribution in [0, 0.1) is 0 Å². The number of benzene rings is 3. The zero-order valence-corrected chi connectivity index (χ0v) is 20.8. The van der Waals surface area contributed by atoms with Crippen LogP contribution in [0.5, 0.6) is 5.75 Å². The summed E-state index contributed by atoms with van der Waals surface area (Å²) in [5.41, 5.74) is 3.29. The Labute approximate surface area is 206 Å². The molecule has 168 valence electrons. The van der Waals surface area contributed by atoms with E-state index in [1.54, 1.807) is 14.2 Å². The van der Waals surface area contributed by atoms with Crippen LogP contribution < -0.4 is 20.3 Å². The maximum Gasteiger partial charge on any atom is 0.227 e. The molecule has 0 bridgehead atoms. The third kappa shape index (κ3) is 5.70. The molecule has 1 fully saturated rings. The first kappa shape index (κ1) is 23.8. The van der Waals surface area contributed by atoms with Gasteiger partial charge in [-0.15, -0.1) is 24.0 Å². The lowest BCUT2D eigenvalue weighted by Gasteiger charge is -2.16. The number of guanidine groups is 1. The number of ether oxygens (including phenoxy) is 1. The van der Waals surface area contributed by atoms with Gasteiger partial charge in [0, 0.05) is 38.8 Å². The van der Waals surface area contributed by atoms with Gasteiger partial charge < -0.3 is 20.3 Å². The zero-order valence-electron chi connectivity index (χ0n) is 18.4. The summed E-state index contributed by atoms with van der Waals surface area (Å²) in [5, 5.41) is 9.05. The second-order valence-corrected chi connectivity index (χ2v) is 7.64. The molecule has 0 atom stereocenters. The fourth-order valence-corrected chi connectivity index (χ4v) is 3.82. The maximum atomic E-state index is 11.9. The fraction of sp³-hybridized carbons (Fsp3) is 0.280. The average Bonchev–Trinajstić information content (AvgIpc) is 3.25. The van der Waals surface area contributed by atoms with E-state index in [9.17, 15) is 4.79 Å². The molecule has 6 nitrogen and oxygen atoms in total. The molecule has 0 spiro atoms. The van der Waals surface area contributed by atoms with Gasteiger partial charge in [0.1, 0.15) is 5.75 Å². The van der Waals surface area contributed by atoms with Crippen LogP contribution in [0.3, 0.4) is 0 Å². The van der Waals surface area contributed by atoms with Gasteiger partial charge in [-0.1, -0.05) is 30.3 Å². The predicted molar refractivity (Wildman–Crippen MR) is 141 cm³/mol. The monoisotopic (exact) mass is 544 g/mol. The molecule has 2 N–H and O–H groups in total. The van der Waals surface area contributed by atoms with Crippen LogP contribution in [0.1, 0.15) is 24.0 Å². The Kier molecular flexibility index (Phi) is 8.33. The molecule has 0 saturated carbocycles. The lowest BCUT2D eigenvalue weighted by molar-refractivity contribution is -0.117. The summed E-state index contributed by atoms with van der Waals surface area (Å²) in [4.78, 5) is 18.1. The molecule has 1 aliphatic rings. The number of halogens is 1. The van der Waals surface area contributed by atoms with E-state index < -0.39 is 0 Å². The van der Waals surface area contributed by atoms with Crippen LogP contribution in [0.15, 0.2) is 65.7 Å². The van der Waals surface area contributed by atoms with Crippen molar-refractivity contribution >= 4 is 52.3 Å². The molecular formula is C25H29IN4O2. The van der Waals surface area contributed by atoms with Gasteiger partial charge in [0.25, 0.3) is 0 Å². The number of aliphatic imine (C=N–C) groups is 1. The van der Waals surface area contributed by atoms with Gasteiger partial charge >= 0.3 is 0 Å². The number of hydrogen-bond acceptors (Lipinski definition) is 3. The first-order valence-corrected chi connectivity index (χ1v) is 10.6. The number of amides is 1. The Morgan fingerprint density at radius 2 is 1.62 bits per heavy atom. The summed E-state index contributed by atoms with van der Waals surface area (Å²) >= 11 is 0. The molecule has 1 aliphatic heterocycles. The van der Waals surface area contributed by atoms with E-state index in [0.29, 0.717) is 19.5 Å². The molecule has 32 heavy (non-hydrogen) atoms. The van der Waals surface area contributed by atoms with Gasteiger partial charge in [0.05, 0.1) is 7.11 Å². The number of carbonyl (C=O) groups excluding carboxylic acids is 1. The van der Waals surface area contributed by atoms with Crippen molar-refractivity contribution in [2.24, 2.45) is 4.99 Å². The van der Waals surface area contributed by atoms with Crippen molar-refractivity contribution in [1.29, 1.82) is 0 Å². The van der Waals surface area contributed by atoms with Crippen molar-refractivity contribution < 1.29 is 9.53 Å². The molecule has 3 aromatic rings. The first-order chi connectivity index (χ1) is 15.2. The van der Waals surface area contributed by atoms with Crippen molar-refractivity contribution in [2.45, 2.75) is 25.9 Å². The van der Waals surface area contributed by atoms with Crippen LogP contribution in [-0.4, -0.2) is 32.6 Å². The van der Waals surface area contributed by atoms with Gasteiger partial charge in [0.15, 0.2) is 5.96 Å². The molecule has 7 heteroatoms. The summed E-state index contributed by atoms with van der Waals surface area (Å²) in [5.74, 6) is 1.82. The number of rotatable bonds is 6. The third-order valence-electron chi connectivity index (χ3n) is 5.58. The highest BCUT2D eigenvalue weighted by Crippen LogP contribution is 2.22. The zero-order chi connectivity index (χ0) is 21.6. The smallest absolute Gasteiger partial charge is 0.227 e. The van der Waals surface area contributed by atoms with Gasteiger partial charge in [-0.25, -0.2) is 0 Å². The molecular weight excluding hydrogens is 515 g/mol. The second-order valence-electron chi connectivity index (χ2n) is 7.64. The Morgan fingerprint density at radius 3 is 2.28 bits per heavy atom. The van der Waals surface area contributed by atoms with E-state index in [0.717, 1.165) is 41.3 Å². The SMILES string of the molecule is CN=C(NCc1ccc(N2CCCC2=O)cc1)NCc1ccc2cc(OC)ccc2c1.I. The minimum Gasteiger partial charge on any atom is -0.497 e. The molecule has 0 aliphatic carbocycles. The summed E-state index contributed by atoms with van der Waals surface area (Å²) in [6, 6.07) is 20.6. The second kappa shape index (κ2) is 11.2. The summed E-state index contributed by atoms with van der Waals surface area (Å²) in [6.07, 6.45) is 1.59. The quantitative estimate of drug-likeness (QED) is 0.273. The number of hydrogen-bond donors (Lipinski definition) is 2. The molecule has 1 heterocycles. The Balaban J connectivity index is 0.00000289. The minimum absolute atomic E-state index is 0. The Bertz CT molecular complexity index is 1100. The van der Waals surface area contributed by atoms with Crippen molar-refractivity contribution in [1.82, 2.24) is 10.6 Å². The van der Waals surface area contributed by atoms with Crippen LogP contribution in [0.4, 0.5) is 5.69 Å². The molecule has 4 rings (SSSR count). The highest BCUT2D eigenvalue weighted by molar-refractivity contribution is 14.0. The molecule has 3 aromatic carbocycles. The van der Waals surface area contributed by atoms with E-state index in [1.807, 2.05) is 29.2 Å². The van der Waals surface area contributed by atoms with E-state index >= 15 is 0 Å². The van der Waals surface area contributed by atoms with E-state index in [2.05, 4.69) is 52.0 Å². The number of nitrogens with zero attached hydrogens (tertiary/aromatic N) is 2. The van der Waals surface area contributed by atoms with E-state index in [4.69, 9.17) is 4.74 Å². The molecule has 0 unspecified atom stereocenters. The standard InChI is InChI=1S/C25H28N4O2.HI/c1-26-25(27-16-18-6-10-22(11-7-18)29-13-3-4-24(29)30)28-17-19-5-8-21-15-23(31-2)12-9-20(21)14-19;/h5-12,14-15H,3-4,13,16-17H2,1-2H3,(H2,26,27,28);1H. The number of anilines is 1. The van der Waals surface area contributed by atoms with Crippen LogP contribution in [0.25, 0.3) is 10.8 Å². The summed E-state index contributed by atoms with van der Waals surface area (Å²) < 4.78 is 5.29.